The van der Waals surface area contributed by atoms with E-state index in [1.54, 1.807) is 0 Å². The zero-order chi connectivity index (χ0) is 42.6. The van der Waals surface area contributed by atoms with Crippen molar-refractivity contribution in [2.45, 2.75) is 5.41 Å². The third-order valence-electron chi connectivity index (χ3n) is 14.3. The fourth-order valence-electron chi connectivity index (χ4n) is 11.6. The fraction of sp³-hybridized carbons (Fsp3) is 0.0159. The molecule has 65 heavy (non-hydrogen) atoms. The molecule has 302 valence electrons. The molecule has 0 fully saturated rings. The van der Waals surface area contributed by atoms with Gasteiger partial charge in [0.2, 0.25) is 0 Å². The van der Waals surface area contributed by atoms with Crippen molar-refractivity contribution in [1.82, 2.24) is 0 Å². The molecule has 1 heterocycles. The molecule has 0 radical (unpaired) electrons. The Hall–Kier alpha value is -8.46. The van der Waals surface area contributed by atoms with Crippen LogP contribution in [0.2, 0.25) is 0 Å². The highest BCUT2D eigenvalue weighted by atomic mass is 16.3. The van der Waals surface area contributed by atoms with E-state index in [-0.39, 0.29) is 0 Å². The average molecular weight is 826 g/mol. The Labute approximate surface area is 376 Å². The van der Waals surface area contributed by atoms with Crippen molar-refractivity contribution in [2.24, 2.45) is 0 Å². The highest BCUT2D eigenvalue weighted by Crippen LogP contribution is 2.64. The van der Waals surface area contributed by atoms with Crippen LogP contribution in [-0.4, -0.2) is 0 Å². The first kappa shape index (κ1) is 36.1. The minimum atomic E-state index is -0.451. The molecule has 2 nitrogen and oxygen atoms in total. The molecule has 2 aliphatic carbocycles. The lowest BCUT2D eigenvalue weighted by atomic mass is 9.70. The van der Waals surface area contributed by atoms with E-state index in [4.69, 9.17) is 4.42 Å². The molecule has 0 saturated heterocycles. The van der Waals surface area contributed by atoms with Crippen molar-refractivity contribution < 1.29 is 4.42 Å². The van der Waals surface area contributed by atoms with E-state index < -0.39 is 5.41 Å². The van der Waals surface area contributed by atoms with Gasteiger partial charge in [-0.2, -0.15) is 0 Å². The maximum absolute atomic E-state index is 6.39. The van der Waals surface area contributed by atoms with Crippen LogP contribution in [0, 0.1) is 0 Å². The van der Waals surface area contributed by atoms with Crippen LogP contribution in [0.4, 0.5) is 17.1 Å². The van der Waals surface area contributed by atoms with E-state index in [0.717, 1.165) is 39.0 Å². The second kappa shape index (κ2) is 13.8. The van der Waals surface area contributed by atoms with E-state index in [0.29, 0.717) is 0 Å². The van der Waals surface area contributed by atoms with Gasteiger partial charge in [0.05, 0.1) is 11.1 Å². The van der Waals surface area contributed by atoms with Gasteiger partial charge in [0.15, 0.2) is 0 Å². The van der Waals surface area contributed by atoms with Gasteiger partial charge in [-0.15, -0.1) is 0 Å². The Kier molecular flexibility index (Phi) is 7.64. The molecule has 11 aromatic carbocycles. The van der Waals surface area contributed by atoms with Crippen LogP contribution in [0.25, 0.3) is 88.0 Å². The summed E-state index contributed by atoms with van der Waals surface area (Å²) >= 11 is 0. The van der Waals surface area contributed by atoms with Gasteiger partial charge in [0.25, 0.3) is 0 Å². The number of anilines is 3. The average Bonchev–Trinajstić information content (AvgIpc) is 4.00. The SMILES string of the molecule is c1ccc2c(c1)-c1ccccc1C21c2ccccc2-c2c(N(c3ccc(-c4cc(-c5cccc6ccccc56)c5ccccc5c4)cc3)c3ccc4oc5ccccc5c4c3)cccc21. The Morgan fingerprint density at radius 1 is 0.308 bits per heavy atom. The third kappa shape index (κ3) is 5.11. The molecule has 0 aliphatic heterocycles. The quantitative estimate of drug-likeness (QED) is 0.172. The number of nitrogens with zero attached hydrogens (tertiary/aromatic N) is 1. The predicted molar refractivity (Wildman–Crippen MR) is 271 cm³/mol. The number of hydrogen-bond donors (Lipinski definition) is 0. The Morgan fingerprint density at radius 2 is 0.846 bits per heavy atom. The molecule has 0 bridgehead atoms. The van der Waals surface area contributed by atoms with Crippen molar-refractivity contribution in [3.05, 3.63) is 259 Å². The molecule has 2 aliphatic rings. The maximum Gasteiger partial charge on any atom is 0.135 e. The number of hydrogen-bond acceptors (Lipinski definition) is 2. The summed E-state index contributed by atoms with van der Waals surface area (Å²) in [5.41, 5.74) is 19.9. The van der Waals surface area contributed by atoms with Crippen LogP contribution in [0.1, 0.15) is 22.3 Å². The summed E-state index contributed by atoms with van der Waals surface area (Å²) in [6, 6.07) is 87.2. The lowest BCUT2D eigenvalue weighted by molar-refractivity contribution is 0.669. The van der Waals surface area contributed by atoms with E-state index in [9.17, 15) is 0 Å². The molecular formula is C63H39NO. The molecule has 0 atom stereocenters. The smallest absolute Gasteiger partial charge is 0.135 e. The van der Waals surface area contributed by atoms with Gasteiger partial charge in [-0.05, 0) is 137 Å². The first-order valence-electron chi connectivity index (χ1n) is 22.5. The van der Waals surface area contributed by atoms with Crippen LogP contribution in [-0.2, 0) is 5.41 Å². The van der Waals surface area contributed by atoms with Crippen molar-refractivity contribution in [2.75, 3.05) is 4.90 Å². The normalized spacial score (nSPS) is 13.0. The lowest BCUT2D eigenvalue weighted by Gasteiger charge is -2.32. The minimum absolute atomic E-state index is 0.451. The molecule has 12 aromatic rings. The van der Waals surface area contributed by atoms with Gasteiger partial charge in [0.1, 0.15) is 11.2 Å². The minimum Gasteiger partial charge on any atom is -0.456 e. The fourth-order valence-corrected chi connectivity index (χ4v) is 11.6. The van der Waals surface area contributed by atoms with Gasteiger partial charge >= 0.3 is 0 Å². The standard InChI is InChI=1S/C63H39NO/c1-3-18-46-41(15-1)17-13-24-48(46)53-38-43(37-42-16-2-4-19-47(42)53)40-31-33-44(34-32-40)64(45-35-36-61-54(39-45)51-22-8-12-30-60(51)65-61)59-29-14-28-58-62(59)52-23-7-11-27-57(52)63(58)55-25-9-5-20-49(55)50-21-6-10-26-56(50)63/h1-39H. The van der Waals surface area contributed by atoms with Gasteiger partial charge in [-0.3, -0.25) is 0 Å². The molecule has 0 N–H and O–H groups in total. The largest absolute Gasteiger partial charge is 0.456 e. The maximum atomic E-state index is 6.39. The van der Waals surface area contributed by atoms with Gasteiger partial charge in [-0.25, -0.2) is 0 Å². The lowest BCUT2D eigenvalue weighted by Crippen LogP contribution is -2.26. The van der Waals surface area contributed by atoms with E-state index in [1.165, 1.54) is 88.3 Å². The first-order chi connectivity index (χ1) is 32.2. The van der Waals surface area contributed by atoms with Gasteiger partial charge in [0, 0.05) is 27.7 Å². The zero-order valence-corrected chi connectivity index (χ0v) is 35.4. The molecule has 1 aromatic heterocycles. The van der Waals surface area contributed by atoms with Crippen LogP contribution in [0.3, 0.4) is 0 Å². The summed E-state index contributed by atoms with van der Waals surface area (Å²) in [4.78, 5) is 2.47. The number of fused-ring (bicyclic) bond motifs is 15. The van der Waals surface area contributed by atoms with Crippen molar-refractivity contribution in [1.29, 1.82) is 0 Å². The topological polar surface area (TPSA) is 16.4 Å². The second-order valence-electron chi connectivity index (χ2n) is 17.5. The van der Waals surface area contributed by atoms with Crippen LogP contribution in [0.5, 0.6) is 0 Å². The molecule has 2 heteroatoms. The van der Waals surface area contributed by atoms with Gasteiger partial charge in [-0.1, -0.05) is 182 Å². The molecule has 0 saturated carbocycles. The molecular weight excluding hydrogens is 787 g/mol. The number of furan rings is 1. The Morgan fingerprint density at radius 3 is 1.62 bits per heavy atom. The van der Waals surface area contributed by atoms with Crippen LogP contribution >= 0.6 is 0 Å². The summed E-state index contributed by atoms with van der Waals surface area (Å²) < 4.78 is 6.39. The molecule has 14 rings (SSSR count). The first-order valence-corrected chi connectivity index (χ1v) is 22.5. The van der Waals surface area contributed by atoms with E-state index in [2.05, 4.69) is 235 Å². The summed E-state index contributed by atoms with van der Waals surface area (Å²) in [6.45, 7) is 0. The summed E-state index contributed by atoms with van der Waals surface area (Å²) in [5.74, 6) is 0. The highest BCUT2D eigenvalue weighted by molar-refractivity contribution is 6.09. The van der Waals surface area contributed by atoms with E-state index >= 15 is 0 Å². The van der Waals surface area contributed by atoms with E-state index in [1.807, 2.05) is 6.07 Å². The number of para-hydroxylation sites is 1. The van der Waals surface area contributed by atoms with Crippen molar-refractivity contribution in [3.8, 4) is 44.5 Å². The van der Waals surface area contributed by atoms with Crippen LogP contribution < -0.4 is 4.90 Å². The summed E-state index contributed by atoms with van der Waals surface area (Å²) in [6.07, 6.45) is 0. The van der Waals surface area contributed by atoms with Crippen molar-refractivity contribution in [3.63, 3.8) is 0 Å². The summed E-state index contributed by atoms with van der Waals surface area (Å²) in [7, 11) is 0. The zero-order valence-electron chi connectivity index (χ0n) is 35.4. The summed E-state index contributed by atoms with van der Waals surface area (Å²) in [5, 5.41) is 7.18. The van der Waals surface area contributed by atoms with Gasteiger partial charge < -0.3 is 9.32 Å². The predicted octanol–water partition coefficient (Wildman–Crippen LogP) is 17.0. The highest BCUT2D eigenvalue weighted by Gasteiger charge is 2.52. The van der Waals surface area contributed by atoms with Crippen molar-refractivity contribution >= 4 is 60.5 Å². The molecule has 1 spiro atoms. The Bertz CT molecular complexity index is 3860. The second-order valence-corrected chi connectivity index (χ2v) is 17.5. The molecule has 0 unspecified atom stereocenters. The molecule has 0 amide bonds. The number of rotatable bonds is 5. The third-order valence-corrected chi connectivity index (χ3v) is 14.3. The number of benzene rings is 11. The van der Waals surface area contributed by atoms with Crippen LogP contribution in [0.15, 0.2) is 241 Å². The monoisotopic (exact) mass is 825 g/mol. The Balaban J connectivity index is 0.990.